The summed E-state index contributed by atoms with van der Waals surface area (Å²) in [6, 6.07) is 14.5. The van der Waals surface area contributed by atoms with Crippen LogP contribution in [0.25, 0.3) is 10.9 Å². The molecule has 2 aromatic carbocycles. The average Bonchev–Trinajstić information content (AvgIpc) is 3.47. The van der Waals surface area contributed by atoms with E-state index in [1.807, 2.05) is 12.1 Å². The fourth-order valence-electron chi connectivity index (χ4n) is 4.85. The van der Waals surface area contributed by atoms with Crippen LogP contribution in [-0.2, 0) is 11.2 Å². The molecule has 2 heterocycles. The summed E-state index contributed by atoms with van der Waals surface area (Å²) >= 11 is 0. The molecule has 0 bridgehead atoms. The molecular weight excluding hydrogens is 386 g/mol. The van der Waals surface area contributed by atoms with Crippen LogP contribution in [0, 0.1) is 0 Å². The van der Waals surface area contributed by atoms with Crippen molar-refractivity contribution in [3.63, 3.8) is 0 Å². The number of H-pyrrole nitrogens is 1. The number of ether oxygens (including phenoxy) is 1. The first-order valence-corrected chi connectivity index (χ1v) is 11.5. The summed E-state index contributed by atoms with van der Waals surface area (Å²) in [5.74, 6) is 0.886. The van der Waals surface area contributed by atoms with Crippen molar-refractivity contribution in [3.05, 3.63) is 65.4 Å². The number of carbonyl (C=O) groups excluding carboxylic acids is 1. The Morgan fingerprint density at radius 1 is 1.19 bits per heavy atom. The van der Waals surface area contributed by atoms with E-state index in [0.717, 1.165) is 30.8 Å². The number of aromatic amines is 1. The van der Waals surface area contributed by atoms with E-state index in [2.05, 4.69) is 53.8 Å². The van der Waals surface area contributed by atoms with E-state index in [1.54, 1.807) is 12.0 Å². The number of para-hydroxylation sites is 1. The molecule has 3 aromatic rings. The largest absolute Gasteiger partial charge is 0.497 e. The van der Waals surface area contributed by atoms with Gasteiger partial charge in [0.05, 0.1) is 33.3 Å². The Morgan fingerprint density at radius 3 is 2.77 bits per heavy atom. The quantitative estimate of drug-likeness (QED) is 0.498. The number of hydrogen-bond donors (Lipinski definition) is 3. The molecule has 3 N–H and O–H groups in total. The Morgan fingerprint density at radius 2 is 2.00 bits per heavy atom. The van der Waals surface area contributed by atoms with Crippen LogP contribution in [0.5, 0.6) is 5.75 Å². The van der Waals surface area contributed by atoms with Gasteiger partial charge in [-0.2, -0.15) is 0 Å². The zero-order valence-electron chi connectivity index (χ0n) is 18.7. The van der Waals surface area contributed by atoms with Gasteiger partial charge in [0.25, 0.3) is 0 Å². The third-order valence-corrected chi connectivity index (χ3v) is 6.59. The number of benzene rings is 2. The number of likely N-dealkylation sites (tertiary alicyclic amines) is 1. The van der Waals surface area contributed by atoms with Crippen LogP contribution in [0.1, 0.15) is 48.8 Å². The number of aromatic nitrogens is 1. The Kier molecular flexibility index (Phi) is 6.92. The van der Waals surface area contributed by atoms with Gasteiger partial charge < -0.3 is 19.9 Å². The van der Waals surface area contributed by atoms with Crippen LogP contribution in [0.4, 0.5) is 0 Å². The highest BCUT2D eigenvalue weighted by atomic mass is 16.5. The van der Waals surface area contributed by atoms with Crippen molar-refractivity contribution in [3.8, 4) is 5.75 Å². The van der Waals surface area contributed by atoms with Crippen molar-refractivity contribution in [2.24, 2.45) is 0 Å². The van der Waals surface area contributed by atoms with Crippen molar-refractivity contribution in [1.29, 1.82) is 0 Å². The molecule has 0 saturated carbocycles. The SMILES string of the molecule is CCc1cccc2c([C@@H](CC(=O)NCC[NH+]3CCCC3)c3cccc(OC)c3)c[nH]c12. The van der Waals surface area contributed by atoms with E-state index in [0.29, 0.717) is 6.42 Å². The molecule has 1 amide bonds. The normalized spacial score (nSPS) is 15.3. The number of hydrogen-bond acceptors (Lipinski definition) is 2. The highest BCUT2D eigenvalue weighted by molar-refractivity contribution is 5.88. The highest BCUT2D eigenvalue weighted by Crippen LogP contribution is 2.35. The Labute approximate surface area is 184 Å². The van der Waals surface area contributed by atoms with Crippen molar-refractivity contribution in [2.45, 2.75) is 38.5 Å². The van der Waals surface area contributed by atoms with Crippen molar-refractivity contribution >= 4 is 16.8 Å². The van der Waals surface area contributed by atoms with Gasteiger partial charge in [0.1, 0.15) is 5.75 Å². The van der Waals surface area contributed by atoms with Crippen LogP contribution < -0.4 is 15.0 Å². The first-order valence-electron chi connectivity index (χ1n) is 11.5. The molecule has 1 atom stereocenters. The van der Waals surface area contributed by atoms with Gasteiger partial charge in [0, 0.05) is 42.3 Å². The highest BCUT2D eigenvalue weighted by Gasteiger charge is 2.23. The first-order chi connectivity index (χ1) is 15.2. The molecule has 1 fully saturated rings. The molecule has 0 radical (unpaired) electrons. The van der Waals surface area contributed by atoms with Crippen molar-refractivity contribution in [2.75, 3.05) is 33.3 Å². The van der Waals surface area contributed by atoms with Gasteiger partial charge in [-0.1, -0.05) is 37.3 Å². The second-order valence-electron chi connectivity index (χ2n) is 8.53. The smallest absolute Gasteiger partial charge is 0.221 e. The molecule has 0 aliphatic carbocycles. The predicted molar refractivity (Wildman–Crippen MR) is 125 cm³/mol. The lowest BCUT2D eigenvalue weighted by atomic mass is 9.87. The van der Waals surface area contributed by atoms with Gasteiger partial charge in [-0.25, -0.2) is 0 Å². The third kappa shape index (κ3) is 4.93. The summed E-state index contributed by atoms with van der Waals surface area (Å²) in [7, 11) is 1.68. The van der Waals surface area contributed by atoms with Crippen LogP contribution >= 0.6 is 0 Å². The minimum Gasteiger partial charge on any atom is -0.497 e. The standard InChI is InChI=1S/C26H33N3O2/c1-3-19-8-7-11-22-24(18-28-26(19)22)23(20-9-6-10-21(16-20)31-2)17-25(30)27-12-15-29-13-4-5-14-29/h6-11,16,18,23,28H,3-5,12-15,17H2,1-2H3,(H,27,30)/p+1/t23-/m0/s1. The number of quaternary nitrogens is 1. The van der Waals surface area contributed by atoms with Crippen LogP contribution in [0.3, 0.4) is 0 Å². The number of aryl methyl sites for hydroxylation is 1. The monoisotopic (exact) mass is 420 g/mol. The fourth-order valence-corrected chi connectivity index (χ4v) is 4.85. The number of rotatable bonds is 9. The molecule has 164 valence electrons. The molecule has 1 aliphatic rings. The van der Waals surface area contributed by atoms with Crippen LogP contribution in [0.15, 0.2) is 48.7 Å². The topological polar surface area (TPSA) is 58.6 Å². The summed E-state index contributed by atoms with van der Waals surface area (Å²) in [5.41, 5.74) is 4.73. The Hall–Kier alpha value is -2.79. The van der Waals surface area contributed by atoms with Gasteiger partial charge >= 0.3 is 0 Å². The van der Waals surface area contributed by atoms with Gasteiger partial charge in [0.2, 0.25) is 5.91 Å². The number of carbonyl (C=O) groups is 1. The van der Waals surface area contributed by atoms with Gasteiger partial charge in [-0.3, -0.25) is 4.79 Å². The molecule has 5 nitrogen and oxygen atoms in total. The average molecular weight is 421 g/mol. The van der Waals surface area contributed by atoms with Crippen LogP contribution in [0.2, 0.25) is 0 Å². The van der Waals surface area contributed by atoms with Gasteiger partial charge in [-0.15, -0.1) is 0 Å². The van der Waals surface area contributed by atoms with E-state index in [1.165, 1.54) is 48.0 Å². The van der Waals surface area contributed by atoms with E-state index in [-0.39, 0.29) is 11.8 Å². The third-order valence-electron chi connectivity index (χ3n) is 6.59. The maximum Gasteiger partial charge on any atom is 0.221 e. The fraction of sp³-hybridized carbons (Fsp3) is 0.423. The molecule has 1 saturated heterocycles. The summed E-state index contributed by atoms with van der Waals surface area (Å²) in [6.45, 7) is 6.40. The number of nitrogens with one attached hydrogen (secondary N) is 3. The Bertz CT molecular complexity index is 1020. The molecule has 31 heavy (non-hydrogen) atoms. The summed E-state index contributed by atoms with van der Waals surface area (Å²) < 4.78 is 5.46. The molecule has 1 aromatic heterocycles. The number of fused-ring (bicyclic) bond motifs is 1. The minimum absolute atomic E-state index is 0.0323. The predicted octanol–water partition coefficient (Wildman–Crippen LogP) is 3.06. The van der Waals surface area contributed by atoms with Crippen molar-refractivity contribution in [1.82, 2.24) is 10.3 Å². The molecule has 0 unspecified atom stereocenters. The number of methoxy groups -OCH3 is 1. The number of amides is 1. The zero-order chi connectivity index (χ0) is 21.6. The lowest BCUT2D eigenvalue weighted by Gasteiger charge is -2.19. The molecule has 4 rings (SSSR count). The van der Waals surface area contributed by atoms with Gasteiger partial charge in [0.15, 0.2) is 0 Å². The molecular formula is C26H34N3O2+. The second-order valence-corrected chi connectivity index (χ2v) is 8.53. The van der Waals surface area contributed by atoms with E-state index in [9.17, 15) is 4.79 Å². The summed E-state index contributed by atoms with van der Waals surface area (Å²) in [4.78, 5) is 18.0. The maximum atomic E-state index is 12.9. The maximum absolute atomic E-state index is 12.9. The first kappa shape index (κ1) is 21.4. The molecule has 5 heteroatoms. The second kappa shape index (κ2) is 10.0. The van der Waals surface area contributed by atoms with E-state index in [4.69, 9.17) is 4.74 Å². The van der Waals surface area contributed by atoms with E-state index >= 15 is 0 Å². The van der Waals surface area contributed by atoms with Crippen molar-refractivity contribution < 1.29 is 14.4 Å². The Balaban J connectivity index is 1.58. The summed E-state index contributed by atoms with van der Waals surface area (Å²) in [5, 5.41) is 4.37. The summed E-state index contributed by atoms with van der Waals surface area (Å²) in [6.07, 6.45) is 6.09. The lowest BCUT2D eigenvalue weighted by Crippen LogP contribution is -3.10. The lowest BCUT2D eigenvalue weighted by molar-refractivity contribution is -0.886. The van der Waals surface area contributed by atoms with Crippen LogP contribution in [-0.4, -0.2) is 44.2 Å². The molecule has 1 aliphatic heterocycles. The van der Waals surface area contributed by atoms with Gasteiger partial charge in [-0.05, 0) is 35.2 Å². The zero-order valence-corrected chi connectivity index (χ0v) is 18.7. The van der Waals surface area contributed by atoms with E-state index < -0.39 is 0 Å². The molecule has 0 spiro atoms. The minimum atomic E-state index is -0.0323.